The number of carbonyl (C=O) groups is 1. The fraction of sp³-hybridized carbons (Fsp3) is 0.100. The van der Waals surface area contributed by atoms with Gasteiger partial charge in [0.15, 0.2) is 0 Å². The zero-order valence-corrected chi connectivity index (χ0v) is 7.42. The number of hydrogen-bond acceptors (Lipinski definition) is 1. The van der Waals surface area contributed by atoms with E-state index in [4.69, 9.17) is 5.11 Å². The lowest BCUT2D eigenvalue weighted by Crippen LogP contribution is -1.95. The highest BCUT2D eigenvalue weighted by molar-refractivity contribution is 5.89. The fourth-order valence-corrected chi connectivity index (χ4v) is 0.972. The molecule has 0 saturated carbocycles. The Morgan fingerprint density at radius 3 is 2.71 bits per heavy atom. The van der Waals surface area contributed by atoms with Crippen molar-refractivity contribution in [3.63, 3.8) is 0 Å². The standard InChI is InChI=1S/C10H8F2O2/c1-6-2-3-8(11)7(4-6)5-9(12)10(13)14/h2-5H,1H3,(H,13,14)/b9-5+. The van der Waals surface area contributed by atoms with Crippen LogP contribution in [0.25, 0.3) is 6.08 Å². The first-order valence-corrected chi connectivity index (χ1v) is 3.87. The number of carboxylic acid groups (broad SMARTS) is 1. The highest BCUT2D eigenvalue weighted by Crippen LogP contribution is 2.14. The van der Waals surface area contributed by atoms with Gasteiger partial charge in [-0.15, -0.1) is 0 Å². The second-order valence-corrected chi connectivity index (χ2v) is 2.82. The molecule has 0 radical (unpaired) electrons. The van der Waals surface area contributed by atoms with Crippen molar-refractivity contribution in [2.75, 3.05) is 0 Å². The maximum Gasteiger partial charge on any atom is 0.364 e. The first kappa shape index (κ1) is 10.4. The van der Waals surface area contributed by atoms with E-state index in [0.29, 0.717) is 6.08 Å². The van der Waals surface area contributed by atoms with Crippen molar-refractivity contribution in [1.82, 2.24) is 0 Å². The number of halogens is 2. The molecule has 0 aliphatic heterocycles. The van der Waals surface area contributed by atoms with E-state index >= 15 is 0 Å². The van der Waals surface area contributed by atoms with Gasteiger partial charge in [-0.3, -0.25) is 0 Å². The number of aliphatic carboxylic acids is 1. The maximum atomic E-state index is 13.0. The average Bonchev–Trinajstić information content (AvgIpc) is 2.11. The maximum absolute atomic E-state index is 13.0. The van der Waals surface area contributed by atoms with Crippen molar-refractivity contribution in [2.45, 2.75) is 6.92 Å². The highest BCUT2D eigenvalue weighted by Gasteiger charge is 2.07. The number of aryl methyl sites for hydroxylation is 1. The Bertz CT molecular complexity index is 397. The van der Waals surface area contributed by atoms with Gasteiger partial charge < -0.3 is 5.11 Å². The predicted molar refractivity (Wildman–Crippen MR) is 47.9 cm³/mol. The molecule has 0 aromatic heterocycles. The SMILES string of the molecule is Cc1ccc(F)c(/C=C(/F)C(=O)O)c1. The van der Waals surface area contributed by atoms with Crippen LogP contribution < -0.4 is 0 Å². The molecule has 0 fully saturated rings. The Morgan fingerprint density at radius 2 is 2.14 bits per heavy atom. The van der Waals surface area contributed by atoms with Crippen LogP contribution in [0.2, 0.25) is 0 Å². The van der Waals surface area contributed by atoms with Gasteiger partial charge in [-0.1, -0.05) is 11.6 Å². The van der Waals surface area contributed by atoms with Crippen LogP contribution >= 0.6 is 0 Å². The minimum absolute atomic E-state index is 0.0649. The molecule has 0 unspecified atom stereocenters. The Kier molecular flexibility index (Phi) is 2.96. The van der Waals surface area contributed by atoms with Crippen molar-refractivity contribution in [3.05, 3.63) is 41.0 Å². The molecule has 0 atom stereocenters. The molecule has 0 aliphatic carbocycles. The Hall–Kier alpha value is -1.71. The molecule has 0 aliphatic rings. The van der Waals surface area contributed by atoms with Crippen molar-refractivity contribution in [2.24, 2.45) is 0 Å². The quantitative estimate of drug-likeness (QED) is 0.741. The molecule has 0 saturated heterocycles. The highest BCUT2D eigenvalue weighted by atomic mass is 19.1. The summed E-state index contributed by atoms with van der Waals surface area (Å²) in [6.45, 7) is 1.70. The van der Waals surface area contributed by atoms with E-state index in [9.17, 15) is 13.6 Å². The predicted octanol–water partition coefficient (Wildman–Crippen LogP) is 2.53. The molecule has 0 heterocycles. The monoisotopic (exact) mass is 198 g/mol. The van der Waals surface area contributed by atoms with Crippen LogP contribution in [-0.4, -0.2) is 11.1 Å². The second kappa shape index (κ2) is 4.00. The van der Waals surface area contributed by atoms with Gasteiger partial charge in [0.05, 0.1) is 0 Å². The Balaban J connectivity index is 3.13. The third kappa shape index (κ3) is 2.39. The van der Waals surface area contributed by atoms with E-state index in [1.54, 1.807) is 6.92 Å². The summed E-state index contributed by atoms with van der Waals surface area (Å²) in [6, 6.07) is 4.06. The Labute approximate surface area is 79.5 Å². The minimum Gasteiger partial charge on any atom is -0.476 e. The van der Waals surface area contributed by atoms with E-state index in [-0.39, 0.29) is 5.56 Å². The fourth-order valence-electron chi connectivity index (χ4n) is 0.972. The van der Waals surface area contributed by atoms with Crippen LogP contribution in [0.5, 0.6) is 0 Å². The average molecular weight is 198 g/mol. The lowest BCUT2D eigenvalue weighted by molar-refractivity contribution is -0.134. The molecule has 4 heteroatoms. The summed E-state index contributed by atoms with van der Waals surface area (Å²) in [5, 5.41) is 8.24. The smallest absolute Gasteiger partial charge is 0.364 e. The molecule has 14 heavy (non-hydrogen) atoms. The van der Waals surface area contributed by atoms with Gasteiger partial charge >= 0.3 is 5.97 Å². The van der Waals surface area contributed by atoms with E-state index in [2.05, 4.69) is 0 Å². The van der Waals surface area contributed by atoms with Crippen LogP contribution in [0.4, 0.5) is 8.78 Å². The van der Waals surface area contributed by atoms with Gasteiger partial charge in [0.25, 0.3) is 0 Å². The molecule has 1 rings (SSSR count). The number of hydrogen-bond donors (Lipinski definition) is 1. The van der Waals surface area contributed by atoms with Crippen LogP contribution in [0.15, 0.2) is 24.0 Å². The molecular formula is C10H8F2O2. The summed E-state index contributed by atoms with van der Waals surface area (Å²) in [6.07, 6.45) is 0.657. The molecule has 0 bridgehead atoms. The van der Waals surface area contributed by atoms with Crippen molar-refractivity contribution >= 4 is 12.0 Å². The zero-order valence-electron chi connectivity index (χ0n) is 7.42. The number of carboxylic acids is 1. The van der Waals surface area contributed by atoms with Crippen LogP contribution in [0.3, 0.4) is 0 Å². The van der Waals surface area contributed by atoms with Gasteiger partial charge in [-0.05, 0) is 25.1 Å². The van der Waals surface area contributed by atoms with Gasteiger partial charge in [0, 0.05) is 5.56 Å². The van der Waals surface area contributed by atoms with Crippen molar-refractivity contribution in [1.29, 1.82) is 0 Å². The van der Waals surface area contributed by atoms with Crippen LogP contribution in [0.1, 0.15) is 11.1 Å². The lowest BCUT2D eigenvalue weighted by Gasteiger charge is -1.98. The van der Waals surface area contributed by atoms with E-state index < -0.39 is 17.6 Å². The largest absolute Gasteiger partial charge is 0.476 e. The summed E-state index contributed by atoms with van der Waals surface area (Å²) in [7, 11) is 0. The summed E-state index contributed by atoms with van der Waals surface area (Å²) in [5.74, 6) is -3.73. The van der Waals surface area contributed by atoms with Gasteiger partial charge in [0.2, 0.25) is 5.83 Å². The first-order valence-electron chi connectivity index (χ1n) is 3.87. The van der Waals surface area contributed by atoms with Crippen molar-refractivity contribution < 1.29 is 18.7 Å². The molecule has 0 spiro atoms. The summed E-state index contributed by atoms with van der Waals surface area (Å²) in [4.78, 5) is 10.1. The van der Waals surface area contributed by atoms with E-state index in [0.717, 1.165) is 11.6 Å². The summed E-state index contributed by atoms with van der Waals surface area (Å²) >= 11 is 0. The first-order chi connectivity index (χ1) is 6.50. The van der Waals surface area contributed by atoms with Crippen molar-refractivity contribution in [3.8, 4) is 0 Å². The molecule has 1 aromatic rings. The lowest BCUT2D eigenvalue weighted by atomic mass is 10.1. The molecule has 1 aromatic carbocycles. The van der Waals surface area contributed by atoms with E-state index in [1.165, 1.54) is 12.1 Å². The summed E-state index contributed by atoms with van der Waals surface area (Å²) < 4.78 is 25.6. The van der Waals surface area contributed by atoms with Gasteiger partial charge in [-0.25, -0.2) is 9.18 Å². The third-order valence-corrected chi connectivity index (χ3v) is 1.64. The normalized spacial score (nSPS) is 11.5. The molecule has 2 nitrogen and oxygen atoms in total. The molecule has 0 amide bonds. The van der Waals surface area contributed by atoms with Gasteiger partial charge in [-0.2, -0.15) is 4.39 Å². The third-order valence-electron chi connectivity index (χ3n) is 1.64. The minimum atomic E-state index is -1.70. The topological polar surface area (TPSA) is 37.3 Å². The molecule has 74 valence electrons. The zero-order chi connectivity index (χ0) is 10.7. The van der Waals surface area contributed by atoms with E-state index in [1.807, 2.05) is 0 Å². The Morgan fingerprint density at radius 1 is 1.50 bits per heavy atom. The molecular weight excluding hydrogens is 190 g/mol. The van der Waals surface area contributed by atoms with Crippen LogP contribution in [-0.2, 0) is 4.79 Å². The number of benzene rings is 1. The van der Waals surface area contributed by atoms with Gasteiger partial charge in [0.1, 0.15) is 5.82 Å². The molecule has 1 N–H and O–H groups in total. The summed E-state index contributed by atoms with van der Waals surface area (Å²) in [5.41, 5.74) is 0.667. The number of rotatable bonds is 2. The second-order valence-electron chi connectivity index (χ2n) is 2.82. The van der Waals surface area contributed by atoms with Crippen LogP contribution in [0, 0.1) is 12.7 Å².